The molecule has 2 atom stereocenters. The number of aliphatic hydroxyl groups is 1. The van der Waals surface area contributed by atoms with E-state index in [2.05, 4.69) is 42.9 Å². The first-order valence-electron chi connectivity index (χ1n) is 10.0. The fourth-order valence-corrected chi connectivity index (χ4v) is 3.48. The zero-order valence-corrected chi connectivity index (χ0v) is 17.4. The van der Waals surface area contributed by atoms with Gasteiger partial charge in [0.25, 0.3) is 0 Å². The molecule has 1 aromatic heterocycles. The molecule has 0 aliphatic heterocycles. The largest absolute Gasteiger partial charge is 0.497 e. The fourth-order valence-electron chi connectivity index (χ4n) is 3.48. The predicted molar refractivity (Wildman–Crippen MR) is 114 cm³/mol. The van der Waals surface area contributed by atoms with Crippen molar-refractivity contribution in [3.63, 3.8) is 0 Å². The average molecular weight is 374 g/mol. The lowest BCUT2D eigenvalue weighted by Gasteiger charge is -2.32. The molecule has 0 fully saturated rings. The normalized spacial score (nSPS) is 13.9. The number of aliphatic hydroxyl groups excluding tert-OH is 1. The Morgan fingerprint density at radius 2 is 2.00 bits per heavy atom. The van der Waals surface area contributed by atoms with Crippen molar-refractivity contribution in [3.8, 4) is 5.75 Å². The molecule has 0 saturated heterocycles. The minimum absolute atomic E-state index is 0.451. The molecule has 2 N–H and O–H groups in total. The lowest BCUT2D eigenvalue weighted by Crippen LogP contribution is -2.43. The zero-order chi connectivity index (χ0) is 19.8. The number of fused-ring (bicyclic) bond motifs is 1. The summed E-state index contributed by atoms with van der Waals surface area (Å²) in [6, 6.07) is 8.32. The molecule has 5 heteroatoms. The molecule has 150 valence electrons. The molecule has 2 unspecified atom stereocenters. The first-order chi connectivity index (χ1) is 12.9. The van der Waals surface area contributed by atoms with Gasteiger partial charge in [0.05, 0.1) is 24.4 Å². The van der Waals surface area contributed by atoms with E-state index in [1.165, 1.54) is 0 Å². The Balaban J connectivity index is 2.05. The second-order valence-corrected chi connectivity index (χ2v) is 7.77. The van der Waals surface area contributed by atoms with Crippen LogP contribution in [0, 0.1) is 5.92 Å². The molecule has 0 aliphatic rings. The topological polar surface area (TPSA) is 57.6 Å². The van der Waals surface area contributed by atoms with Crippen LogP contribution in [-0.2, 0) is 0 Å². The highest BCUT2D eigenvalue weighted by atomic mass is 16.5. The summed E-state index contributed by atoms with van der Waals surface area (Å²) in [6.07, 6.45) is 3.64. The van der Waals surface area contributed by atoms with Crippen molar-refractivity contribution in [3.05, 3.63) is 30.5 Å². The molecule has 0 saturated carbocycles. The van der Waals surface area contributed by atoms with Crippen LogP contribution < -0.4 is 10.1 Å². The highest BCUT2D eigenvalue weighted by molar-refractivity contribution is 5.91. The number of rotatable bonds is 11. The van der Waals surface area contributed by atoms with Gasteiger partial charge in [-0.2, -0.15) is 0 Å². The number of nitrogens with one attached hydrogen (secondary N) is 1. The van der Waals surface area contributed by atoms with E-state index in [4.69, 9.17) is 4.74 Å². The number of methoxy groups -OCH3 is 1. The van der Waals surface area contributed by atoms with Crippen LogP contribution >= 0.6 is 0 Å². The van der Waals surface area contributed by atoms with Crippen molar-refractivity contribution in [2.75, 3.05) is 32.1 Å². The van der Waals surface area contributed by atoms with E-state index in [-0.39, 0.29) is 0 Å². The van der Waals surface area contributed by atoms with E-state index >= 15 is 0 Å². The molecule has 2 rings (SSSR count). The Morgan fingerprint density at radius 3 is 2.67 bits per heavy atom. The van der Waals surface area contributed by atoms with E-state index in [1.54, 1.807) is 13.3 Å². The third-order valence-electron chi connectivity index (χ3n) is 4.82. The molecule has 27 heavy (non-hydrogen) atoms. The maximum absolute atomic E-state index is 10.7. The van der Waals surface area contributed by atoms with Gasteiger partial charge in [0.1, 0.15) is 5.75 Å². The Bertz CT molecular complexity index is 705. The van der Waals surface area contributed by atoms with E-state index < -0.39 is 6.10 Å². The van der Waals surface area contributed by atoms with Crippen molar-refractivity contribution in [2.24, 2.45) is 5.92 Å². The monoisotopic (exact) mass is 373 g/mol. The SMILES string of the molecule is CCCC(C)N(CC(C)C)CC(O)CNc1cc(OC)cc2cccnc12. The third-order valence-corrected chi connectivity index (χ3v) is 4.82. The number of nitrogens with zero attached hydrogens (tertiary/aromatic N) is 2. The average Bonchev–Trinajstić information content (AvgIpc) is 2.65. The van der Waals surface area contributed by atoms with Crippen LogP contribution in [0.4, 0.5) is 5.69 Å². The van der Waals surface area contributed by atoms with Crippen LogP contribution in [0.3, 0.4) is 0 Å². The Hall–Kier alpha value is -1.85. The van der Waals surface area contributed by atoms with Crippen molar-refractivity contribution in [1.82, 2.24) is 9.88 Å². The van der Waals surface area contributed by atoms with Gasteiger partial charge in [0.15, 0.2) is 0 Å². The van der Waals surface area contributed by atoms with Crippen LogP contribution in [0.15, 0.2) is 30.5 Å². The maximum Gasteiger partial charge on any atom is 0.121 e. The third kappa shape index (κ3) is 6.36. The minimum atomic E-state index is -0.451. The van der Waals surface area contributed by atoms with Gasteiger partial charge < -0.3 is 15.2 Å². The molecule has 0 bridgehead atoms. The minimum Gasteiger partial charge on any atom is -0.497 e. The molecular weight excluding hydrogens is 338 g/mol. The summed E-state index contributed by atoms with van der Waals surface area (Å²) in [7, 11) is 1.66. The van der Waals surface area contributed by atoms with Gasteiger partial charge in [0.2, 0.25) is 0 Å². The first-order valence-corrected chi connectivity index (χ1v) is 10.0. The Kier molecular flexibility index (Phi) is 8.32. The smallest absolute Gasteiger partial charge is 0.121 e. The number of anilines is 1. The van der Waals surface area contributed by atoms with Gasteiger partial charge in [0, 0.05) is 43.3 Å². The molecule has 2 aromatic rings. The van der Waals surface area contributed by atoms with Crippen molar-refractivity contribution < 1.29 is 9.84 Å². The number of benzene rings is 1. The highest BCUT2D eigenvalue weighted by Gasteiger charge is 2.18. The standard InChI is InChI=1S/C22H35N3O2/c1-6-8-17(4)25(14-16(2)3)15-19(26)13-24-21-12-20(27-5)11-18-9-7-10-23-22(18)21/h7,9-12,16-17,19,24,26H,6,8,13-15H2,1-5H3. The number of hydrogen-bond acceptors (Lipinski definition) is 5. The van der Waals surface area contributed by atoms with Crippen LogP contribution in [0.1, 0.15) is 40.5 Å². The number of hydrogen-bond donors (Lipinski definition) is 2. The van der Waals surface area contributed by atoms with Gasteiger partial charge in [-0.3, -0.25) is 9.88 Å². The predicted octanol–water partition coefficient (Wildman–Crippen LogP) is 4.16. The second-order valence-electron chi connectivity index (χ2n) is 7.77. The maximum atomic E-state index is 10.7. The van der Waals surface area contributed by atoms with Gasteiger partial charge in [-0.05, 0) is 31.4 Å². The molecule has 0 amide bonds. The molecule has 1 heterocycles. The van der Waals surface area contributed by atoms with Gasteiger partial charge in [-0.15, -0.1) is 0 Å². The summed E-state index contributed by atoms with van der Waals surface area (Å²) in [5.74, 6) is 1.36. The summed E-state index contributed by atoms with van der Waals surface area (Å²) in [5.41, 5.74) is 1.78. The van der Waals surface area contributed by atoms with Crippen molar-refractivity contribution >= 4 is 16.6 Å². The summed E-state index contributed by atoms with van der Waals surface area (Å²) < 4.78 is 5.40. The van der Waals surface area contributed by atoms with Crippen LogP contribution in [-0.4, -0.2) is 53.9 Å². The molecular formula is C22H35N3O2. The summed E-state index contributed by atoms with van der Waals surface area (Å²) >= 11 is 0. The fraction of sp³-hybridized carbons (Fsp3) is 0.591. The lowest BCUT2D eigenvalue weighted by molar-refractivity contribution is 0.0873. The van der Waals surface area contributed by atoms with Crippen LogP contribution in [0.25, 0.3) is 10.9 Å². The van der Waals surface area contributed by atoms with E-state index in [0.29, 0.717) is 25.0 Å². The van der Waals surface area contributed by atoms with E-state index in [0.717, 1.165) is 41.7 Å². The lowest BCUT2D eigenvalue weighted by atomic mass is 10.1. The molecule has 1 aromatic carbocycles. The van der Waals surface area contributed by atoms with Gasteiger partial charge in [-0.25, -0.2) is 0 Å². The van der Waals surface area contributed by atoms with Crippen LogP contribution in [0.2, 0.25) is 0 Å². The second kappa shape index (κ2) is 10.5. The van der Waals surface area contributed by atoms with Gasteiger partial charge in [-0.1, -0.05) is 33.3 Å². The summed E-state index contributed by atoms with van der Waals surface area (Å²) in [6.45, 7) is 11.1. The number of aromatic nitrogens is 1. The Labute approximate surface area is 163 Å². The van der Waals surface area contributed by atoms with Crippen molar-refractivity contribution in [2.45, 2.75) is 52.7 Å². The quantitative estimate of drug-likeness (QED) is 0.619. The van der Waals surface area contributed by atoms with Gasteiger partial charge >= 0.3 is 0 Å². The summed E-state index contributed by atoms with van der Waals surface area (Å²) in [4.78, 5) is 6.88. The van der Waals surface area contributed by atoms with Crippen molar-refractivity contribution in [1.29, 1.82) is 0 Å². The summed E-state index contributed by atoms with van der Waals surface area (Å²) in [5, 5.41) is 15.0. The molecule has 0 spiro atoms. The van der Waals surface area contributed by atoms with E-state index in [1.807, 2.05) is 24.3 Å². The first kappa shape index (κ1) is 21.5. The molecule has 5 nitrogen and oxygen atoms in total. The molecule has 0 aliphatic carbocycles. The zero-order valence-electron chi connectivity index (χ0n) is 17.4. The van der Waals surface area contributed by atoms with Crippen LogP contribution in [0.5, 0.6) is 5.75 Å². The number of pyridine rings is 1. The highest BCUT2D eigenvalue weighted by Crippen LogP contribution is 2.27. The van der Waals surface area contributed by atoms with E-state index in [9.17, 15) is 5.11 Å². The molecule has 0 radical (unpaired) electrons. The Morgan fingerprint density at radius 1 is 1.22 bits per heavy atom. The number of ether oxygens (including phenoxy) is 1.